The first-order chi connectivity index (χ1) is 13.7. The van der Waals surface area contributed by atoms with Crippen LogP contribution < -0.4 is 14.8 Å². The first-order valence-electron chi connectivity index (χ1n) is 10.5. The number of carbonyl (C=O) groups excluding carboxylic acids is 1. The lowest BCUT2D eigenvalue weighted by atomic mass is 9.67. The first-order valence-corrected chi connectivity index (χ1v) is 10.5. The van der Waals surface area contributed by atoms with Crippen molar-refractivity contribution in [2.45, 2.75) is 45.2 Å². The molecule has 2 bridgehead atoms. The molecule has 0 amide bonds. The molecule has 1 saturated carbocycles. The summed E-state index contributed by atoms with van der Waals surface area (Å²) in [5.74, 6) is 2.30. The highest BCUT2D eigenvalue weighted by atomic mass is 16.5. The maximum absolute atomic E-state index is 13.2. The van der Waals surface area contributed by atoms with Crippen molar-refractivity contribution in [3.05, 3.63) is 59.7 Å². The molecule has 4 rings (SSSR count). The molecule has 4 nitrogen and oxygen atoms in total. The second-order valence-electron chi connectivity index (χ2n) is 7.67. The molecule has 0 aromatic heterocycles. The van der Waals surface area contributed by atoms with Gasteiger partial charge in [0.15, 0.2) is 0 Å². The Bertz CT molecular complexity index is 734. The zero-order valence-corrected chi connectivity index (χ0v) is 16.7. The predicted octanol–water partition coefficient (Wildman–Crippen LogP) is 4.86. The summed E-state index contributed by atoms with van der Waals surface area (Å²) in [6.07, 6.45) is 3.05. The Hall–Kier alpha value is -2.33. The van der Waals surface area contributed by atoms with Crippen LogP contribution >= 0.6 is 0 Å². The van der Waals surface area contributed by atoms with Gasteiger partial charge in [-0.1, -0.05) is 30.7 Å². The predicted molar refractivity (Wildman–Crippen MR) is 110 cm³/mol. The van der Waals surface area contributed by atoms with Crippen molar-refractivity contribution in [2.24, 2.45) is 11.8 Å². The molecule has 2 aliphatic rings. The molecule has 4 heteroatoms. The summed E-state index contributed by atoms with van der Waals surface area (Å²) in [5.41, 5.74) is 2.33. The molecule has 2 fully saturated rings. The number of ether oxygens (including phenoxy) is 2. The lowest BCUT2D eigenvalue weighted by molar-refractivity contribution is -0.135. The van der Waals surface area contributed by atoms with E-state index in [4.69, 9.17) is 9.47 Å². The number of fused-ring (bicyclic) bond motifs is 2. The fourth-order valence-electron chi connectivity index (χ4n) is 4.74. The van der Waals surface area contributed by atoms with Gasteiger partial charge in [-0.05, 0) is 62.1 Å². The number of rotatable bonds is 6. The van der Waals surface area contributed by atoms with Crippen molar-refractivity contribution >= 4 is 5.78 Å². The monoisotopic (exact) mass is 379 g/mol. The van der Waals surface area contributed by atoms with Gasteiger partial charge >= 0.3 is 0 Å². The number of benzene rings is 2. The zero-order chi connectivity index (χ0) is 19.5. The number of Topliss-reactive ketones (excluding diaryl/α,β-unsaturated/α-hetero) is 1. The summed E-state index contributed by atoms with van der Waals surface area (Å²) >= 11 is 0. The number of hydrogen-bond acceptors (Lipinski definition) is 4. The number of hydrogen-bond donors (Lipinski definition) is 1. The molecule has 148 valence electrons. The molecule has 0 spiro atoms. The quantitative estimate of drug-likeness (QED) is 0.779. The largest absolute Gasteiger partial charge is 0.494 e. The van der Waals surface area contributed by atoms with Crippen molar-refractivity contribution in [3.8, 4) is 11.5 Å². The van der Waals surface area contributed by atoms with E-state index in [1.807, 2.05) is 38.1 Å². The molecular weight excluding hydrogens is 350 g/mol. The fraction of sp³-hybridized carbons (Fsp3) is 0.458. The second-order valence-corrected chi connectivity index (χ2v) is 7.67. The number of ketones is 1. The number of carbonyl (C=O) groups is 1. The van der Waals surface area contributed by atoms with Gasteiger partial charge in [-0.25, -0.2) is 0 Å². The van der Waals surface area contributed by atoms with Crippen molar-refractivity contribution in [1.29, 1.82) is 0 Å². The highest BCUT2D eigenvalue weighted by molar-refractivity contribution is 5.87. The van der Waals surface area contributed by atoms with Gasteiger partial charge in [-0.15, -0.1) is 0 Å². The lowest BCUT2D eigenvalue weighted by Crippen LogP contribution is -2.50. The molecule has 0 radical (unpaired) electrons. The molecular formula is C24H29NO3. The summed E-state index contributed by atoms with van der Waals surface area (Å²) in [6.45, 7) is 5.28. The SMILES string of the molecule is CCOc1ccc([C@H]2N[C@H](c3ccc(OCC)cc3)[C@H]3CCC[C@H]2C3=O)cc1. The smallest absolute Gasteiger partial charge is 0.142 e. The van der Waals surface area contributed by atoms with Crippen LogP contribution in [0.2, 0.25) is 0 Å². The van der Waals surface area contributed by atoms with E-state index >= 15 is 0 Å². The Morgan fingerprint density at radius 3 is 1.61 bits per heavy atom. The van der Waals surface area contributed by atoms with Crippen LogP contribution in [0.25, 0.3) is 0 Å². The van der Waals surface area contributed by atoms with Crippen LogP contribution in [0.1, 0.15) is 56.3 Å². The minimum atomic E-state index is 0.0521. The Morgan fingerprint density at radius 2 is 1.21 bits per heavy atom. The van der Waals surface area contributed by atoms with Gasteiger partial charge in [0.2, 0.25) is 0 Å². The fourth-order valence-corrected chi connectivity index (χ4v) is 4.74. The highest BCUT2D eigenvalue weighted by Gasteiger charge is 2.46. The average Bonchev–Trinajstić information content (AvgIpc) is 2.70. The van der Waals surface area contributed by atoms with Crippen LogP contribution in [0.3, 0.4) is 0 Å². The van der Waals surface area contributed by atoms with E-state index in [1.54, 1.807) is 0 Å². The minimum Gasteiger partial charge on any atom is -0.494 e. The summed E-state index contributed by atoms with van der Waals surface area (Å²) in [6, 6.07) is 16.5. The van der Waals surface area contributed by atoms with Crippen LogP contribution in [0, 0.1) is 11.8 Å². The summed E-state index contributed by atoms with van der Waals surface area (Å²) < 4.78 is 11.1. The number of piperidine rings is 1. The normalized spacial score (nSPS) is 26.7. The minimum absolute atomic E-state index is 0.0521. The molecule has 1 saturated heterocycles. The van der Waals surface area contributed by atoms with Crippen molar-refractivity contribution < 1.29 is 14.3 Å². The van der Waals surface area contributed by atoms with Gasteiger partial charge in [0, 0.05) is 23.9 Å². The topological polar surface area (TPSA) is 47.6 Å². The Labute approximate surface area is 167 Å². The first kappa shape index (κ1) is 19.0. The molecule has 28 heavy (non-hydrogen) atoms. The van der Waals surface area contributed by atoms with E-state index in [0.29, 0.717) is 19.0 Å². The van der Waals surface area contributed by atoms with E-state index in [2.05, 4.69) is 29.6 Å². The number of nitrogens with one attached hydrogen (secondary N) is 1. The molecule has 1 aliphatic carbocycles. The maximum atomic E-state index is 13.2. The molecule has 1 N–H and O–H groups in total. The van der Waals surface area contributed by atoms with Crippen molar-refractivity contribution in [2.75, 3.05) is 13.2 Å². The zero-order valence-electron chi connectivity index (χ0n) is 16.7. The second kappa shape index (κ2) is 8.36. The molecule has 1 heterocycles. The highest BCUT2D eigenvalue weighted by Crippen LogP contribution is 2.46. The Balaban J connectivity index is 1.61. The summed E-state index contributed by atoms with van der Waals surface area (Å²) in [5, 5.41) is 3.82. The Kier molecular flexibility index (Phi) is 5.67. The third-order valence-corrected chi connectivity index (χ3v) is 6.03. The van der Waals surface area contributed by atoms with Gasteiger partial charge in [-0.2, -0.15) is 0 Å². The van der Waals surface area contributed by atoms with Gasteiger partial charge in [-0.3, -0.25) is 4.79 Å². The lowest BCUT2D eigenvalue weighted by Gasteiger charge is -2.45. The molecule has 2 aromatic rings. The van der Waals surface area contributed by atoms with E-state index in [1.165, 1.54) is 0 Å². The van der Waals surface area contributed by atoms with Gasteiger partial charge in [0.25, 0.3) is 0 Å². The van der Waals surface area contributed by atoms with E-state index in [0.717, 1.165) is 41.9 Å². The van der Waals surface area contributed by atoms with Crippen LogP contribution in [-0.4, -0.2) is 19.0 Å². The van der Waals surface area contributed by atoms with Crippen LogP contribution in [0.4, 0.5) is 0 Å². The van der Waals surface area contributed by atoms with Gasteiger partial charge in [0.05, 0.1) is 13.2 Å². The maximum Gasteiger partial charge on any atom is 0.142 e. The van der Waals surface area contributed by atoms with Crippen LogP contribution in [0.5, 0.6) is 11.5 Å². The molecule has 4 atom stereocenters. The van der Waals surface area contributed by atoms with E-state index in [-0.39, 0.29) is 23.9 Å². The summed E-state index contributed by atoms with van der Waals surface area (Å²) in [7, 11) is 0. The van der Waals surface area contributed by atoms with Crippen LogP contribution in [-0.2, 0) is 4.79 Å². The van der Waals surface area contributed by atoms with Crippen molar-refractivity contribution in [1.82, 2.24) is 5.32 Å². The van der Waals surface area contributed by atoms with Gasteiger partial charge in [0.1, 0.15) is 17.3 Å². The third-order valence-electron chi connectivity index (χ3n) is 6.03. The van der Waals surface area contributed by atoms with Crippen LogP contribution in [0.15, 0.2) is 48.5 Å². The average molecular weight is 380 g/mol. The van der Waals surface area contributed by atoms with Gasteiger partial charge < -0.3 is 14.8 Å². The molecule has 2 aromatic carbocycles. The summed E-state index contributed by atoms with van der Waals surface area (Å²) in [4.78, 5) is 13.2. The standard InChI is InChI=1S/C24H29NO3/c1-3-27-18-12-8-16(9-13-18)22-20-6-5-7-21(24(20)26)23(25-22)17-10-14-19(15-11-17)28-4-2/h8-15,20-23,25H,3-7H2,1-2H3/t20-,21-,22-,23-/m1/s1. The van der Waals surface area contributed by atoms with E-state index < -0.39 is 0 Å². The van der Waals surface area contributed by atoms with E-state index in [9.17, 15) is 4.79 Å². The molecule has 1 aliphatic heterocycles. The van der Waals surface area contributed by atoms with Crippen molar-refractivity contribution in [3.63, 3.8) is 0 Å². The molecule has 0 unspecified atom stereocenters. The Morgan fingerprint density at radius 1 is 0.786 bits per heavy atom. The third kappa shape index (κ3) is 3.66.